The predicted octanol–water partition coefficient (Wildman–Crippen LogP) is 0.303. The molecule has 1 unspecified atom stereocenters. The van der Waals surface area contributed by atoms with Crippen molar-refractivity contribution in [1.82, 2.24) is 10.6 Å². The Morgan fingerprint density at radius 3 is 2.50 bits per heavy atom. The number of amides is 2. The van der Waals surface area contributed by atoms with Crippen LogP contribution >= 0.6 is 0 Å². The smallest absolute Gasteiger partial charge is 0.251 e. The summed E-state index contributed by atoms with van der Waals surface area (Å²) in [5, 5.41) is 14.1. The van der Waals surface area contributed by atoms with Gasteiger partial charge in [-0.3, -0.25) is 9.59 Å². The second-order valence-electron chi connectivity index (χ2n) is 3.90. The van der Waals surface area contributed by atoms with E-state index in [9.17, 15) is 9.59 Å². The summed E-state index contributed by atoms with van der Waals surface area (Å²) in [5.41, 5.74) is 0.513. The number of nitrogens with one attached hydrogen (secondary N) is 2. The second-order valence-corrected chi connectivity index (χ2v) is 3.90. The Kier molecular flexibility index (Phi) is 5.87. The van der Waals surface area contributed by atoms with E-state index in [1.54, 1.807) is 24.3 Å². The van der Waals surface area contributed by atoms with Crippen molar-refractivity contribution in [3.05, 3.63) is 35.9 Å². The molecule has 1 rings (SSSR count). The lowest BCUT2D eigenvalue weighted by Crippen LogP contribution is -2.43. The molecule has 0 aliphatic heterocycles. The van der Waals surface area contributed by atoms with Gasteiger partial charge in [0.1, 0.15) is 0 Å². The number of carbonyl (C=O) groups is 2. The highest BCUT2D eigenvalue weighted by Gasteiger charge is 2.10. The average Bonchev–Trinajstić information content (AvgIpc) is 2.43. The van der Waals surface area contributed by atoms with Gasteiger partial charge in [-0.05, 0) is 18.6 Å². The summed E-state index contributed by atoms with van der Waals surface area (Å²) in [5.74, 6) is -0.594. The molecular formula is C13H18N2O3. The van der Waals surface area contributed by atoms with Crippen molar-refractivity contribution in [2.75, 3.05) is 13.2 Å². The molecule has 3 N–H and O–H groups in total. The first kappa shape index (κ1) is 14.2. The van der Waals surface area contributed by atoms with Crippen LogP contribution in [0.5, 0.6) is 0 Å². The van der Waals surface area contributed by atoms with Gasteiger partial charge in [-0.1, -0.05) is 25.1 Å². The summed E-state index contributed by atoms with van der Waals surface area (Å²) >= 11 is 0. The number of rotatable bonds is 6. The zero-order chi connectivity index (χ0) is 13.4. The highest BCUT2D eigenvalue weighted by molar-refractivity contribution is 5.96. The summed E-state index contributed by atoms with van der Waals surface area (Å²) in [6.07, 6.45) is 0.648. The molecule has 0 spiro atoms. The second kappa shape index (κ2) is 7.45. The lowest BCUT2D eigenvalue weighted by atomic mass is 10.2. The fourth-order valence-electron chi connectivity index (χ4n) is 1.41. The summed E-state index contributed by atoms with van der Waals surface area (Å²) in [6, 6.07) is 8.43. The maximum absolute atomic E-state index is 11.6. The van der Waals surface area contributed by atoms with Gasteiger partial charge in [0.2, 0.25) is 5.91 Å². The van der Waals surface area contributed by atoms with E-state index in [1.165, 1.54) is 0 Å². The molecule has 0 aliphatic rings. The van der Waals surface area contributed by atoms with Crippen LogP contribution in [0.4, 0.5) is 0 Å². The maximum Gasteiger partial charge on any atom is 0.251 e. The van der Waals surface area contributed by atoms with Gasteiger partial charge in [-0.15, -0.1) is 0 Å². The first-order valence-corrected chi connectivity index (χ1v) is 5.90. The third-order valence-electron chi connectivity index (χ3n) is 2.52. The molecule has 5 heteroatoms. The van der Waals surface area contributed by atoms with Crippen LogP contribution in [0.15, 0.2) is 30.3 Å². The van der Waals surface area contributed by atoms with E-state index in [1.807, 2.05) is 13.0 Å². The number of aliphatic hydroxyl groups is 1. The van der Waals surface area contributed by atoms with Crippen LogP contribution in [0.2, 0.25) is 0 Å². The van der Waals surface area contributed by atoms with Gasteiger partial charge in [0.25, 0.3) is 5.91 Å². The molecular weight excluding hydrogens is 232 g/mol. The minimum absolute atomic E-state index is 0.0930. The van der Waals surface area contributed by atoms with E-state index in [0.29, 0.717) is 12.0 Å². The van der Waals surface area contributed by atoms with Crippen LogP contribution in [0.1, 0.15) is 23.7 Å². The normalized spacial score (nSPS) is 11.7. The molecule has 0 saturated heterocycles. The topological polar surface area (TPSA) is 78.4 Å². The minimum Gasteiger partial charge on any atom is -0.394 e. The highest BCUT2D eigenvalue weighted by atomic mass is 16.3. The van der Waals surface area contributed by atoms with Gasteiger partial charge in [0.05, 0.1) is 19.2 Å². The Labute approximate surface area is 106 Å². The first-order valence-electron chi connectivity index (χ1n) is 5.90. The molecule has 1 aromatic rings. The molecule has 0 saturated carbocycles. The Bertz CT molecular complexity index is 388. The molecule has 0 heterocycles. The van der Waals surface area contributed by atoms with Crippen LogP contribution in [0.25, 0.3) is 0 Å². The minimum atomic E-state index is -0.305. The lowest BCUT2D eigenvalue weighted by molar-refractivity contribution is -0.121. The monoisotopic (exact) mass is 250 g/mol. The number of hydrogen-bond donors (Lipinski definition) is 3. The summed E-state index contributed by atoms with van der Waals surface area (Å²) in [4.78, 5) is 23.1. The van der Waals surface area contributed by atoms with Crippen molar-refractivity contribution in [2.24, 2.45) is 0 Å². The fraction of sp³-hybridized carbons (Fsp3) is 0.385. The van der Waals surface area contributed by atoms with E-state index >= 15 is 0 Å². The van der Waals surface area contributed by atoms with E-state index in [4.69, 9.17) is 5.11 Å². The fourth-order valence-corrected chi connectivity index (χ4v) is 1.41. The van der Waals surface area contributed by atoms with Gasteiger partial charge in [-0.25, -0.2) is 0 Å². The molecule has 0 aliphatic carbocycles. The Morgan fingerprint density at radius 1 is 1.28 bits per heavy atom. The van der Waals surface area contributed by atoms with Crippen LogP contribution in [0.3, 0.4) is 0 Å². The van der Waals surface area contributed by atoms with Crippen molar-refractivity contribution in [2.45, 2.75) is 19.4 Å². The highest BCUT2D eigenvalue weighted by Crippen LogP contribution is 1.97. The Balaban J connectivity index is 2.37. The van der Waals surface area contributed by atoms with Gasteiger partial charge in [0.15, 0.2) is 0 Å². The summed E-state index contributed by atoms with van der Waals surface area (Å²) in [7, 11) is 0. The summed E-state index contributed by atoms with van der Waals surface area (Å²) < 4.78 is 0. The molecule has 0 aromatic heterocycles. The SMILES string of the molecule is CCC(CO)NC(=O)CNC(=O)c1ccccc1. The lowest BCUT2D eigenvalue weighted by Gasteiger charge is -2.14. The van der Waals surface area contributed by atoms with Crippen molar-refractivity contribution < 1.29 is 14.7 Å². The standard InChI is InChI=1S/C13H18N2O3/c1-2-11(9-16)15-12(17)8-14-13(18)10-6-4-3-5-7-10/h3-7,11,16H,2,8-9H2,1H3,(H,14,18)(H,15,17). The predicted molar refractivity (Wildman–Crippen MR) is 68.1 cm³/mol. The third-order valence-corrected chi connectivity index (χ3v) is 2.52. The third kappa shape index (κ3) is 4.55. The average molecular weight is 250 g/mol. The van der Waals surface area contributed by atoms with Gasteiger partial charge >= 0.3 is 0 Å². The summed E-state index contributed by atoms with van der Waals surface area (Å²) in [6.45, 7) is 1.67. The van der Waals surface area contributed by atoms with Crippen LogP contribution in [-0.4, -0.2) is 36.1 Å². The molecule has 0 radical (unpaired) electrons. The Hall–Kier alpha value is -1.88. The molecule has 2 amide bonds. The quantitative estimate of drug-likeness (QED) is 0.679. The van der Waals surface area contributed by atoms with E-state index in [-0.39, 0.29) is 31.0 Å². The van der Waals surface area contributed by atoms with Crippen LogP contribution in [-0.2, 0) is 4.79 Å². The number of aliphatic hydroxyl groups excluding tert-OH is 1. The van der Waals surface area contributed by atoms with Gasteiger partial charge in [-0.2, -0.15) is 0 Å². The Morgan fingerprint density at radius 2 is 1.94 bits per heavy atom. The van der Waals surface area contributed by atoms with Crippen LogP contribution in [0, 0.1) is 0 Å². The molecule has 0 bridgehead atoms. The largest absolute Gasteiger partial charge is 0.394 e. The molecule has 18 heavy (non-hydrogen) atoms. The van der Waals surface area contributed by atoms with E-state index < -0.39 is 0 Å². The van der Waals surface area contributed by atoms with Crippen molar-refractivity contribution in [3.63, 3.8) is 0 Å². The molecule has 1 atom stereocenters. The number of hydrogen-bond acceptors (Lipinski definition) is 3. The first-order chi connectivity index (χ1) is 8.67. The molecule has 0 fully saturated rings. The van der Waals surface area contributed by atoms with Gasteiger partial charge < -0.3 is 15.7 Å². The number of carbonyl (C=O) groups excluding carboxylic acids is 2. The zero-order valence-electron chi connectivity index (χ0n) is 10.3. The molecule has 1 aromatic carbocycles. The number of benzene rings is 1. The molecule has 5 nitrogen and oxygen atoms in total. The van der Waals surface area contributed by atoms with E-state index in [0.717, 1.165) is 0 Å². The van der Waals surface area contributed by atoms with Crippen LogP contribution < -0.4 is 10.6 Å². The van der Waals surface area contributed by atoms with Crippen molar-refractivity contribution in [3.8, 4) is 0 Å². The molecule has 98 valence electrons. The zero-order valence-corrected chi connectivity index (χ0v) is 10.3. The van der Waals surface area contributed by atoms with Gasteiger partial charge in [0, 0.05) is 5.56 Å². The maximum atomic E-state index is 11.6. The van der Waals surface area contributed by atoms with E-state index in [2.05, 4.69) is 10.6 Å². The van der Waals surface area contributed by atoms with Crippen molar-refractivity contribution >= 4 is 11.8 Å². The van der Waals surface area contributed by atoms with Crippen molar-refractivity contribution in [1.29, 1.82) is 0 Å².